The molecule has 1 aromatic rings. The van der Waals surface area contributed by atoms with Crippen LogP contribution >= 0.6 is 0 Å². The van der Waals surface area contributed by atoms with Crippen molar-refractivity contribution in [1.29, 1.82) is 0 Å². The zero-order valence-corrected chi connectivity index (χ0v) is 28.3. The summed E-state index contributed by atoms with van der Waals surface area (Å²) >= 11 is 0. The Morgan fingerprint density at radius 3 is 1.89 bits per heavy atom. The van der Waals surface area contributed by atoms with Crippen LogP contribution in [0.2, 0.25) is 0 Å². The van der Waals surface area contributed by atoms with Crippen molar-refractivity contribution in [3.05, 3.63) is 60.2 Å². The molecule has 46 heavy (non-hydrogen) atoms. The summed E-state index contributed by atoms with van der Waals surface area (Å²) in [6.07, 6.45) is 17.8. The summed E-state index contributed by atoms with van der Waals surface area (Å²) in [5.74, 6) is -2.37. The van der Waals surface area contributed by atoms with Gasteiger partial charge in [-0.05, 0) is 81.1 Å². The number of hydrogen-bond acceptors (Lipinski definition) is 4. The summed E-state index contributed by atoms with van der Waals surface area (Å²) < 4.78 is 0. The highest BCUT2D eigenvalue weighted by atomic mass is 16.2. The van der Waals surface area contributed by atoms with Crippen LogP contribution in [0.15, 0.2) is 54.6 Å². The molecule has 4 rings (SSSR count). The van der Waals surface area contributed by atoms with E-state index in [0.717, 1.165) is 76.4 Å². The maximum atomic E-state index is 14.4. The topological polar surface area (TPSA) is 130 Å². The molecule has 252 valence electrons. The molecular weight excluding hydrogens is 576 g/mol. The predicted octanol–water partition coefficient (Wildman–Crippen LogP) is 4.15. The Balaban J connectivity index is 1.60. The lowest BCUT2D eigenvalue weighted by Crippen LogP contribution is -2.50. The van der Waals surface area contributed by atoms with Crippen LogP contribution in [0.25, 0.3) is 0 Å². The van der Waals surface area contributed by atoms with E-state index in [2.05, 4.69) is 42.7 Å². The monoisotopic (exact) mass is 634 g/mol. The zero-order chi connectivity index (χ0) is 33.1. The third-order valence-corrected chi connectivity index (χ3v) is 10.7. The van der Waals surface area contributed by atoms with Crippen LogP contribution in [0, 0.1) is 35.5 Å². The van der Waals surface area contributed by atoms with Gasteiger partial charge in [-0.2, -0.15) is 0 Å². The average molecular weight is 635 g/mol. The third-order valence-electron chi connectivity index (χ3n) is 10.7. The first kappa shape index (κ1) is 35.7. The number of carbonyl (C=O) groups is 4. The second-order valence-electron chi connectivity index (χ2n) is 13.9. The second kappa shape index (κ2) is 17.7. The fraction of sp³-hybridized carbons (Fsp3) is 0.632. The van der Waals surface area contributed by atoms with Crippen molar-refractivity contribution in [1.82, 2.24) is 9.80 Å². The molecule has 2 aliphatic heterocycles. The normalized spacial score (nSPS) is 26.0. The van der Waals surface area contributed by atoms with E-state index in [1.54, 1.807) is 0 Å². The third kappa shape index (κ3) is 8.62. The summed E-state index contributed by atoms with van der Waals surface area (Å²) in [5.41, 5.74) is 8.98. The minimum Gasteiger partial charge on any atom is -0.358 e. The Morgan fingerprint density at radius 1 is 0.717 bits per heavy atom. The number of allylic oxidation sites excluding steroid dienone is 4. The highest BCUT2D eigenvalue weighted by molar-refractivity contribution is 6.06. The molecular formula is C38H58N4O4+2. The van der Waals surface area contributed by atoms with Crippen molar-refractivity contribution in [2.45, 2.75) is 90.4 Å². The number of rotatable bonds is 19. The molecule has 4 amide bonds. The van der Waals surface area contributed by atoms with Crippen LogP contribution in [0.4, 0.5) is 0 Å². The standard InChI is InChI=1S/C38H56N4O4/c1-27(29-17-9-7-10-18-29)25-33-34(38(46)42(37(33)45)24-16-6-4-14-22-40)32(30-19-11-8-12-20-30)26-31-28(2)35(43)41(36(31)44)23-15-5-3-13-21-39/h7-12,17-19,27-28,30-34H,3-6,13-16,20-26,39-40H2,1-2H3/p+2. The number of quaternary nitrogens is 2. The Labute approximate surface area is 276 Å². The van der Waals surface area contributed by atoms with Gasteiger partial charge in [0.25, 0.3) is 0 Å². The minimum absolute atomic E-state index is 0.0186. The molecule has 2 saturated heterocycles. The summed E-state index contributed by atoms with van der Waals surface area (Å²) in [7, 11) is 0. The first-order valence-corrected chi connectivity index (χ1v) is 18.0. The maximum absolute atomic E-state index is 14.4. The lowest BCUT2D eigenvalue weighted by Gasteiger charge is -2.34. The number of benzene rings is 1. The maximum Gasteiger partial charge on any atom is 0.233 e. The first-order chi connectivity index (χ1) is 22.3. The molecule has 0 saturated carbocycles. The van der Waals surface area contributed by atoms with Crippen molar-refractivity contribution in [3.63, 3.8) is 0 Å². The Kier molecular flexibility index (Phi) is 13.8. The number of imide groups is 2. The predicted molar refractivity (Wildman–Crippen MR) is 179 cm³/mol. The van der Waals surface area contributed by atoms with Gasteiger partial charge < -0.3 is 11.5 Å². The molecule has 8 nitrogen and oxygen atoms in total. The van der Waals surface area contributed by atoms with Crippen LogP contribution in [-0.2, 0) is 19.2 Å². The van der Waals surface area contributed by atoms with Gasteiger partial charge in [0, 0.05) is 19.0 Å². The van der Waals surface area contributed by atoms with Crippen molar-refractivity contribution in [3.8, 4) is 0 Å². The minimum atomic E-state index is -0.522. The Bertz CT molecular complexity index is 1230. The SMILES string of the molecule is CC(CC1C(=O)N(CCCCCC[NH3+])C(=O)C1C(CC1C(=O)N(CCCCCC[NH3+])C(=O)C1C)C1C=CC=CC1)c1ccccc1. The average Bonchev–Trinajstić information content (AvgIpc) is 3.42. The van der Waals surface area contributed by atoms with Crippen molar-refractivity contribution in [2.24, 2.45) is 35.5 Å². The molecule has 1 aliphatic carbocycles. The van der Waals surface area contributed by atoms with Crippen LogP contribution in [0.3, 0.4) is 0 Å². The van der Waals surface area contributed by atoms with Gasteiger partial charge in [0.1, 0.15) is 0 Å². The number of hydrogen-bond donors (Lipinski definition) is 2. The Hall–Kier alpha value is -3.10. The molecule has 0 aromatic heterocycles. The molecule has 0 bridgehead atoms. The van der Waals surface area contributed by atoms with Gasteiger partial charge in [-0.1, -0.05) is 81.3 Å². The first-order valence-electron chi connectivity index (χ1n) is 18.0. The number of carbonyl (C=O) groups excluding carboxylic acids is 4. The van der Waals surface area contributed by atoms with Gasteiger partial charge in [-0.3, -0.25) is 29.0 Å². The number of unbranched alkanes of at least 4 members (excludes halogenated alkanes) is 6. The molecule has 0 radical (unpaired) electrons. The van der Waals surface area contributed by atoms with E-state index in [4.69, 9.17) is 0 Å². The number of likely N-dealkylation sites (tertiary alicyclic amines) is 2. The van der Waals surface area contributed by atoms with Crippen molar-refractivity contribution in [2.75, 3.05) is 26.2 Å². The van der Waals surface area contributed by atoms with E-state index in [1.807, 2.05) is 37.3 Å². The van der Waals surface area contributed by atoms with Crippen molar-refractivity contribution >= 4 is 23.6 Å². The van der Waals surface area contributed by atoms with E-state index in [9.17, 15) is 19.2 Å². The van der Waals surface area contributed by atoms with Crippen molar-refractivity contribution < 1.29 is 30.6 Å². The van der Waals surface area contributed by atoms with Crippen LogP contribution in [0.5, 0.6) is 0 Å². The highest BCUT2D eigenvalue weighted by Crippen LogP contribution is 2.47. The van der Waals surface area contributed by atoms with E-state index in [-0.39, 0.29) is 41.4 Å². The van der Waals surface area contributed by atoms with E-state index < -0.39 is 23.7 Å². The van der Waals surface area contributed by atoms with Gasteiger partial charge in [-0.15, -0.1) is 0 Å². The number of nitrogens with zero attached hydrogens (tertiary/aromatic N) is 2. The van der Waals surface area contributed by atoms with Gasteiger partial charge in [0.05, 0.1) is 30.8 Å². The lowest BCUT2D eigenvalue weighted by atomic mass is 9.67. The smallest absolute Gasteiger partial charge is 0.233 e. The molecule has 2 heterocycles. The Morgan fingerprint density at radius 2 is 1.30 bits per heavy atom. The summed E-state index contributed by atoms with van der Waals surface area (Å²) in [4.78, 5) is 58.9. The summed E-state index contributed by atoms with van der Waals surface area (Å²) in [5, 5.41) is 0. The molecule has 3 aliphatic rings. The van der Waals surface area contributed by atoms with E-state index >= 15 is 0 Å². The fourth-order valence-electron chi connectivity index (χ4n) is 7.93. The largest absolute Gasteiger partial charge is 0.358 e. The number of amides is 4. The quantitative estimate of drug-likeness (QED) is 0.175. The highest BCUT2D eigenvalue weighted by Gasteiger charge is 2.54. The molecule has 7 unspecified atom stereocenters. The van der Waals surface area contributed by atoms with Crippen LogP contribution in [-0.4, -0.2) is 59.6 Å². The lowest BCUT2D eigenvalue weighted by molar-refractivity contribution is -0.368. The van der Waals surface area contributed by atoms with Gasteiger partial charge in [0.15, 0.2) is 0 Å². The molecule has 2 fully saturated rings. The zero-order valence-electron chi connectivity index (χ0n) is 28.3. The molecule has 8 heteroatoms. The second-order valence-corrected chi connectivity index (χ2v) is 13.9. The molecule has 7 atom stereocenters. The summed E-state index contributed by atoms with van der Waals surface area (Å²) in [6.45, 7) is 6.69. The molecule has 0 spiro atoms. The summed E-state index contributed by atoms with van der Waals surface area (Å²) in [6, 6.07) is 10.2. The van der Waals surface area contributed by atoms with Crippen LogP contribution in [0.1, 0.15) is 96.0 Å². The fourth-order valence-corrected chi connectivity index (χ4v) is 7.93. The molecule has 1 aromatic carbocycles. The molecule has 6 N–H and O–H groups in total. The van der Waals surface area contributed by atoms with Gasteiger partial charge in [-0.25, -0.2) is 0 Å². The van der Waals surface area contributed by atoms with Gasteiger partial charge >= 0.3 is 0 Å². The van der Waals surface area contributed by atoms with Gasteiger partial charge in [0.2, 0.25) is 23.6 Å². The van der Waals surface area contributed by atoms with Crippen LogP contribution < -0.4 is 11.5 Å². The van der Waals surface area contributed by atoms with E-state index in [0.29, 0.717) is 25.9 Å². The van der Waals surface area contributed by atoms with E-state index in [1.165, 1.54) is 9.80 Å².